The average molecular weight is 360 g/mol. The first-order valence-electron chi connectivity index (χ1n) is 6.19. The fraction of sp³-hybridized carbons (Fsp3) is 0.286. The molecule has 0 spiro atoms. The summed E-state index contributed by atoms with van der Waals surface area (Å²) in [4.78, 5) is -0.401. The molecule has 0 unspecified atom stereocenters. The van der Waals surface area contributed by atoms with Gasteiger partial charge in [-0.25, -0.2) is 8.42 Å². The van der Waals surface area contributed by atoms with Crippen molar-refractivity contribution in [3.63, 3.8) is 0 Å². The van der Waals surface area contributed by atoms with E-state index in [0.717, 1.165) is 6.20 Å². The minimum atomic E-state index is -3.74. The Morgan fingerprint density at radius 2 is 1.86 bits per heavy atom. The highest BCUT2D eigenvalue weighted by molar-refractivity contribution is 7.96. The second-order valence-corrected chi connectivity index (χ2v) is 8.74. The zero-order chi connectivity index (χ0) is 17.0. The molecule has 1 aromatic rings. The summed E-state index contributed by atoms with van der Waals surface area (Å²) in [6.45, 7) is 4.54. The van der Waals surface area contributed by atoms with Crippen LogP contribution in [0.2, 0.25) is 10.0 Å². The Balaban J connectivity index is 2.98. The third-order valence-corrected chi connectivity index (χ3v) is 5.73. The zero-order valence-corrected chi connectivity index (χ0v) is 14.6. The molecule has 0 aliphatic rings. The van der Waals surface area contributed by atoms with E-state index in [1.807, 2.05) is 0 Å². The molecule has 0 saturated carbocycles. The van der Waals surface area contributed by atoms with Gasteiger partial charge < -0.3 is 0 Å². The summed E-state index contributed by atoms with van der Waals surface area (Å²) in [6, 6.07) is 6.64. The van der Waals surface area contributed by atoms with Gasteiger partial charge >= 0.3 is 0 Å². The van der Waals surface area contributed by atoms with E-state index in [1.54, 1.807) is 24.3 Å². The third kappa shape index (κ3) is 4.23. The summed E-state index contributed by atoms with van der Waals surface area (Å²) < 4.78 is 23.2. The van der Waals surface area contributed by atoms with Crippen molar-refractivity contribution >= 4 is 39.3 Å². The first-order valence-corrected chi connectivity index (χ1v) is 8.42. The number of sulfone groups is 1. The van der Waals surface area contributed by atoms with E-state index in [4.69, 9.17) is 28.5 Å². The summed E-state index contributed by atoms with van der Waals surface area (Å²) in [5, 5.41) is 13.6. The van der Waals surface area contributed by atoms with E-state index < -0.39 is 19.5 Å². The molecule has 0 heterocycles. The Hall–Kier alpha value is -1.55. The van der Waals surface area contributed by atoms with Crippen molar-refractivity contribution in [2.75, 3.05) is 0 Å². The van der Waals surface area contributed by atoms with Gasteiger partial charge in [0.25, 0.3) is 0 Å². The molecule has 1 N–H and O–H groups in total. The molecule has 0 radical (unpaired) electrons. The van der Waals surface area contributed by atoms with E-state index in [0.29, 0.717) is 15.6 Å². The monoisotopic (exact) mass is 359 g/mol. The summed E-state index contributed by atoms with van der Waals surface area (Å²) in [5.41, 5.74) is 2.90. The van der Waals surface area contributed by atoms with Gasteiger partial charge in [0.2, 0.25) is 0 Å². The molecule has 5 nitrogen and oxygen atoms in total. The summed E-state index contributed by atoms with van der Waals surface area (Å²) in [6.07, 6.45) is 2.38. The minimum absolute atomic E-state index is 0.401. The number of rotatable bonds is 4. The molecule has 0 aliphatic carbocycles. The van der Waals surface area contributed by atoms with Crippen LogP contribution in [-0.4, -0.2) is 19.4 Å². The van der Waals surface area contributed by atoms with Crippen LogP contribution in [0.4, 0.5) is 0 Å². The van der Waals surface area contributed by atoms with Gasteiger partial charge in [-0.15, -0.1) is 0 Å². The van der Waals surface area contributed by atoms with Gasteiger partial charge in [-0.1, -0.05) is 29.3 Å². The van der Waals surface area contributed by atoms with Crippen LogP contribution in [0.5, 0.6) is 0 Å². The molecule has 1 aromatic carbocycles. The minimum Gasteiger partial charge on any atom is -0.284 e. The van der Waals surface area contributed by atoms with Crippen molar-refractivity contribution in [1.82, 2.24) is 5.43 Å². The van der Waals surface area contributed by atoms with Crippen LogP contribution in [0.25, 0.3) is 0 Å². The van der Waals surface area contributed by atoms with Gasteiger partial charge in [-0.3, -0.25) is 5.43 Å². The van der Waals surface area contributed by atoms with E-state index in [2.05, 4.69) is 10.5 Å². The maximum atomic E-state index is 12.1. The summed E-state index contributed by atoms with van der Waals surface area (Å²) in [5.74, 6) is 0. The molecule has 22 heavy (non-hydrogen) atoms. The highest BCUT2D eigenvalue weighted by Gasteiger charge is 2.33. The normalized spacial score (nSPS) is 13.2. The number of nitriles is 1. The Bertz CT molecular complexity index is 737. The lowest BCUT2D eigenvalue weighted by atomic mass is 10.2. The van der Waals surface area contributed by atoms with Gasteiger partial charge in [-0.2, -0.15) is 10.4 Å². The molecule has 1 rings (SSSR count). The first-order chi connectivity index (χ1) is 10.1. The number of hydrogen-bond acceptors (Lipinski definition) is 5. The SMILES string of the molecule is CC(C)(C)S(=O)(=O)C(C#N)=CNN=Cc1c(Cl)cccc1Cl. The Labute approximate surface area is 140 Å². The molecule has 0 saturated heterocycles. The number of halogens is 2. The Morgan fingerprint density at radius 3 is 2.32 bits per heavy atom. The number of benzene rings is 1. The lowest BCUT2D eigenvalue weighted by Gasteiger charge is -2.17. The quantitative estimate of drug-likeness (QED) is 0.506. The lowest BCUT2D eigenvalue weighted by molar-refractivity contribution is 0.568. The smallest absolute Gasteiger partial charge is 0.194 e. The standard InChI is InChI=1S/C14H15Cl2N3O2S/c1-14(2,3)22(20,21)10(7-17)8-18-19-9-11-12(15)5-4-6-13(11)16/h4-6,8-9,18H,1-3H3. The fourth-order valence-corrected chi connectivity index (χ4v) is 2.81. The van der Waals surface area contributed by atoms with Crippen LogP contribution < -0.4 is 5.43 Å². The number of nitrogens with one attached hydrogen (secondary N) is 1. The molecule has 0 aromatic heterocycles. The number of hydrogen-bond donors (Lipinski definition) is 1. The Kier molecular flexibility index (Phi) is 6.00. The topological polar surface area (TPSA) is 82.3 Å². The number of allylic oxidation sites excluding steroid dienone is 1. The highest BCUT2D eigenvalue weighted by Crippen LogP contribution is 2.23. The molecular weight excluding hydrogens is 345 g/mol. The number of nitrogens with zero attached hydrogens (tertiary/aromatic N) is 2. The van der Waals surface area contributed by atoms with Crippen LogP contribution in [0, 0.1) is 11.3 Å². The lowest BCUT2D eigenvalue weighted by Crippen LogP contribution is -2.29. The van der Waals surface area contributed by atoms with Gasteiger partial charge in [-0.05, 0) is 32.9 Å². The van der Waals surface area contributed by atoms with Gasteiger partial charge in [0.1, 0.15) is 6.07 Å². The van der Waals surface area contributed by atoms with E-state index in [1.165, 1.54) is 27.0 Å². The Morgan fingerprint density at radius 1 is 1.32 bits per heavy atom. The van der Waals surface area contributed by atoms with Gasteiger partial charge in [0, 0.05) is 11.8 Å². The molecule has 0 bridgehead atoms. The maximum Gasteiger partial charge on any atom is 0.194 e. The molecule has 0 aliphatic heterocycles. The predicted molar refractivity (Wildman–Crippen MR) is 89.6 cm³/mol. The largest absolute Gasteiger partial charge is 0.284 e. The summed E-state index contributed by atoms with van der Waals surface area (Å²) in [7, 11) is -3.74. The van der Waals surface area contributed by atoms with Crippen LogP contribution in [0.3, 0.4) is 0 Å². The zero-order valence-electron chi connectivity index (χ0n) is 12.3. The number of hydrazone groups is 1. The van der Waals surface area contributed by atoms with Crippen molar-refractivity contribution < 1.29 is 8.42 Å². The maximum absolute atomic E-state index is 12.1. The van der Waals surface area contributed by atoms with E-state index >= 15 is 0 Å². The molecule has 0 atom stereocenters. The van der Waals surface area contributed by atoms with E-state index in [9.17, 15) is 8.42 Å². The van der Waals surface area contributed by atoms with Crippen LogP contribution in [0.15, 0.2) is 34.4 Å². The van der Waals surface area contributed by atoms with Gasteiger partial charge in [0.15, 0.2) is 14.7 Å². The van der Waals surface area contributed by atoms with Crippen molar-refractivity contribution in [2.45, 2.75) is 25.5 Å². The molecule has 8 heteroatoms. The summed E-state index contributed by atoms with van der Waals surface area (Å²) >= 11 is 11.9. The molecule has 118 valence electrons. The van der Waals surface area contributed by atoms with Crippen molar-refractivity contribution in [2.24, 2.45) is 5.10 Å². The molecular formula is C14H15Cl2N3O2S. The highest BCUT2D eigenvalue weighted by atomic mass is 35.5. The second kappa shape index (κ2) is 7.14. The van der Waals surface area contributed by atoms with Crippen LogP contribution >= 0.6 is 23.2 Å². The van der Waals surface area contributed by atoms with Crippen molar-refractivity contribution in [3.8, 4) is 6.07 Å². The third-order valence-electron chi connectivity index (χ3n) is 2.67. The van der Waals surface area contributed by atoms with Crippen LogP contribution in [-0.2, 0) is 9.84 Å². The van der Waals surface area contributed by atoms with E-state index in [-0.39, 0.29) is 0 Å². The van der Waals surface area contributed by atoms with Gasteiger partial charge in [0.05, 0.1) is 21.0 Å². The molecule has 0 amide bonds. The molecule has 0 fully saturated rings. The fourth-order valence-electron chi connectivity index (χ4n) is 1.33. The first kappa shape index (κ1) is 18.5. The van der Waals surface area contributed by atoms with Crippen molar-refractivity contribution in [1.29, 1.82) is 5.26 Å². The predicted octanol–water partition coefficient (Wildman–Crippen LogP) is 3.50. The van der Waals surface area contributed by atoms with Crippen LogP contribution in [0.1, 0.15) is 26.3 Å². The second-order valence-electron chi connectivity index (χ2n) is 5.26. The van der Waals surface area contributed by atoms with Crippen molar-refractivity contribution in [3.05, 3.63) is 44.9 Å². The average Bonchev–Trinajstić information content (AvgIpc) is 2.40.